The number of nitrogens with two attached hydrogens (primary N) is 1. The molecule has 8 aromatic carbocycles. The van der Waals surface area contributed by atoms with Crippen molar-refractivity contribution in [2.75, 3.05) is 0 Å². The summed E-state index contributed by atoms with van der Waals surface area (Å²) in [5.74, 6) is -3.34. The SMILES string of the molecule is C.CCCCc1nc(-c2ccc(C(F)(F)F)cc2)sc1CO.CCCCc1nc(-c2ccc(C(F)(F)F)cc2)sc1COCc1ccc(-c2noc(=O)[nH]2)c(F)c1.CCCCc1nc(-c2ccc(C(F)(F)F)cc2)sc1COCc1ccc(C#N)c(F)c1.CCCCc1nc(-c2ccc(C(F)(F)F)cc2)sc1COCc1ccc(C(N)=NO)c(F)c1.N#Cc1ccc(CBr)cc1F. The molecule has 0 aliphatic carbocycles. The van der Waals surface area contributed by atoms with Crippen LogP contribution in [0.2, 0.25) is 0 Å². The van der Waals surface area contributed by atoms with Gasteiger partial charge in [0.05, 0.1) is 133 Å². The Bertz CT molecular complexity index is 6040. The van der Waals surface area contributed by atoms with Gasteiger partial charge in [-0.2, -0.15) is 63.2 Å². The van der Waals surface area contributed by atoms with E-state index in [1.807, 2.05) is 0 Å². The number of amidine groups is 1. The van der Waals surface area contributed by atoms with Gasteiger partial charge < -0.3 is 30.3 Å². The lowest BCUT2D eigenvalue weighted by molar-refractivity contribution is -0.138. The highest BCUT2D eigenvalue weighted by molar-refractivity contribution is 9.08. The Morgan fingerprint density at radius 1 is 0.447 bits per heavy atom. The van der Waals surface area contributed by atoms with E-state index in [0.29, 0.717) is 64.3 Å². The van der Waals surface area contributed by atoms with Gasteiger partial charge in [0.1, 0.15) is 55.4 Å². The summed E-state index contributed by atoms with van der Waals surface area (Å²) in [4.78, 5) is 35.2. The summed E-state index contributed by atoms with van der Waals surface area (Å²) in [6.07, 6.45) is -6.80. The molecule has 5 N–H and O–H groups in total. The molecule has 0 saturated carbocycles. The Morgan fingerprint density at radius 2 is 0.750 bits per heavy atom. The Kier molecular flexibility index (Phi) is 40.6. The third kappa shape index (κ3) is 31.2. The first-order valence-electron chi connectivity index (χ1n) is 40.5. The molecule has 38 heteroatoms. The number of aliphatic hydroxyl groups is 1. The van der Waals surface area contributed by atoms with Crippen molar-refractivity contribution in [1.82, 2.24) is 30.1 Å². The third-order valence-electron chi connectivity index (χ3n) is 19.3. The van der Waals surface area contributed by atoms with Gasteiger partial charge in [-0.15, -0.1) is 45.3 Å². The first kappa shape index (κ1) is 106. The van der Waals surface area contributed by atoms with Crippen LogP contribution >= 0.6 is 61.3 Å². The van der Waals surface area contributed by atoms with Crippen molar-refractivity contribution in [2.24, 2.45) is 10.9 Å². The predicted octanol–water partition coefficient (Wildman–Crippen LogP) is 27.3. The molecule has 5 heterocycles. The number of unbranched alkanes of at least 4 members (excludes halogenated alkanes) is 4. The second-order valence-electron chi connectivity index (χ2n) is 28.9. The van der Waals surface area contributed by atoms with E-state index in [4.69, 9.17) is 35.7 Å². The van der Waals surface area contributed by atoms with E-state index in [1.165, 1.54) is 142 Å². The van der Waals surface area contributed by atoms with E-state index < -0.39 is 76.0 Å². The van der Waals surface area contributed by atoms with E-state index in [2.05, 4.69) is 83.4 Å². The minimum absolute atomic E-state index is 0. The van der Waals surface area contributed by atoms with Crippen LogP contribution in [0.3, 0.4) is 0 Å². The van der Waals surface area contributed by atoms with E-state index >= 15 is 0 Å². The maximum atomic E-state index is 14.5. The molecule has 0 amide bonds. The summed E-state index contributed by atoms with van der Waals surface area (Å²) in [7, 11) is 0. The quantitative estimate of drug-likeness (QED) is 0.00763. The van der Waals surface area contributed by atoms with Crippen molar-refractivity contribution in [2.45, 2.75) is 188 Å². The van der Waals surface area contributed by atoms with E-state index in [1.54, 1.807) is 36.4 Å². The van der Waals surface area contributed by atoms with Crippen LogP contribution < -0.4 is 11.5 Å². The van der Waals surface area contributed by atoms with Gasteiger partial charge >= 0.3 is 30.5 Å². The molecule has 0 unspecified atom stereocenters. The van der Waals surface area contributed by atoms with Crippen molar-refractivity contribution in [3.63, 3.8) is 0 Å². The topological polar surface area (TPSA) is 265 Å². The predicted molar refractivity (Wildman–Crippen MR) is 479 cm³/mol. The summed E-state index contributed by atoms with van der Waals surface area (Å²) in [6, 6.07) is 40.9. The van der Waals surface area contributed by atoms with Crippen LogP contribution in [0.25, 0.3) is 53.7 Å². The van der Waals surface area contributed by atoms with Crippen LogP contribution in [0.15, 0.2) is 184 Å². The van der Waals surface area contributed by atoms with Crippen molar-refractivity contribution in [3.05, 3.63) is 307 Å². The summed E-state index contributed by atoms with van der Waals surface area (Å²) in [5.41, 5.74) is 11.3. The number of aromatic amines is 1. The molecular formula is C94H89BrF16N10O7S4. The number of nitrogens with zero attached hydrogens (tertiary/aromatic N) is 8. The standard InChI is InChI=1S/C24H21F4N3O3S.C23H23F4N3O2S.C23H20F4N2OS.C15H16F3NOS.C8H5BrFN.CH4/c1-2-3-4-19-20(35-22(29-19)15-6-8-16(9-7-15)24(26,27)28)13-33-12-14-5-10-17(18(25)11-14)21-30-23(32)34-31-21;1-2-3-4-19-20(13-32-12-14-5-10-17(18(24)11-14)21(28)30-31)33-22(29-19)15-6-8-16(9-7-15)23(25,26)27;1-2-3-4-20-21(14-30-13-15-5-6-17(12-28)19(24)11-15)31-22(29-20)16-7-9-18(10-8-16)23(25,26)27;1-2-3-4-12-13(9-20)21-14(19-12)10-5-7-11(8-6-10)15(16,17)18;9-4-6-1-2-7(5-11)8(10)3-6;/h5-11H,2-4,12-13H2,1H3,(H,30,31,32);5-11,31H,2-4,12-13H2,1H3,(H2,28,30);5-11H,2-4,13-14H2,1H3;5-8,20H,2-4,9H2,1H3;1-3H,4H2;1H4. The lowest BCUT2D eigenvalue weighted by Crippen LogP contribution is -2.15. The zero-order valence-corrected chi connectivity index (χ0v) is 75.3. The molecule has 17 nitrogen and oxygen atoms in total. The maximum absolute atomic E-state index is 14.5. The van der Waals surface area contributed by atoms with Crippen LogP contribution in [-0.2, 0) is 116 Å². The van der Waals surface area contributed by atoms with Gasteiger partial charge in [0, 0.05) is 27.6 Å². The highest BCUT2D eigenvalue weighted by Gasteiger charge is 2.34. The fourth-order valence-electron chi connectivity index (χ4n) is 12.2. The van der Waals surface area contributed by atoms with E-state index in [9.17, 15) is 80.1 Å². The number of ether oxygens (including phenoxy) is 3. The van der Waals surface area contributed by atoms with Crippen LogP contribution in [0.5, 0.6) is 0 Å². The number of aromatic nitrogens is 6. The van der Waals surface area contributed by atoms with Crippen molar-refractivity contribution in [1.29, 1.82) is 10.5 Å². The summed E-state index contributed by atoms with van der Waals surface area (Å²) in [6.45, 7) is 9.35. The largest absolute Gasteiger partial charge is 0.439 e. The van der Waals surface area contributed by atoms with Crippen LogP contribution in [0.1, 0.15) is 190 Å². The molecule has 0 radical (unpaired) electrons. The Balaban J connectivity index is 0.000000210. The number of hydrogen-bond acceptors (Lipinski definition) is 19. The van der Waals surface area contributed by atoms with Gasteiger partial charge in [0.25, 0.3) is 0 Å². The van der Waals surface area contributed by atoms with Crippen LogP contribution in [-0.4, -0.2) is 46.2 Å². The summed E-state index contributed by atoms with van der Waals surface area (Å²) < 4.78 is 230. The summed E-state index contributed by atoms with van der Waals surface area (Å²) >= 11 is 8.65. The zero-order chi connectivity index (χ0) is 95.2. The number of aryl methyl sites for hydroxylation is 4. The Hall–Kier alpha value is -11.3. The van der Waals surface area contributed by atoms with Gasteiger partial charge in [0.15, 0.2) is 11.7 Å². The highest BCUT2D eigenvalue weighted by atomic mass is 79.9. The van der Waals surface area contributed by atoms with Gasteiger partial charge in [-0.1, -0.05) is 160 Å². The Labute approximate surface area is 774 Å². The molecule has 0 bridgehead atoms. The molecule has 132 heavy (non-hydrogen) atoms. The number of thiazole rings is 4. The lowest BCUT2D eigenvalue weighted by atomic mass is 10.1. The number of nitrogens with one attached hydrogen (secondary N) is 1. The molecule has 700 valence electrons. The second kappa shape index (κ2) is 50.5. The van der Waals surface area contributed by atoms with Gasteiger partial charge in [0.2, 0.25) is 0 Å². The molecule has 0 fully saturated rings. The molecule has 0 spiro atoms. The number of nitriles is 2. The number of rotatable bonds is 32. The van der Waals surface area contributed by atoms with Gasteiger partial charge in [-0.3, -0.25) is 9.51 Å². The molecule has 0 aliphatic rings. The lowest BCUT2D eigenvalue weighted by Gasteiger charge is -2.07. The summed E-state index contributed by atoms with van der Waals surface area (Å²) in [5, 5.41) is 44.6. The fraction of sp³-hybridized carbons (Fsp3) is 0.309. The molecule has 0 atom stereocenters. The number of hydrogen-bond donors (Lipinski definition) is 4. The molecular weight excluding hydrogens is 1890 g/mol. The minimum atomic E-state index is -4.39. The smallest absolute Gasteiger partial charge is 0.409 e. The molecule has 0 aliphatic heterocycles. The number of oxime groups is 1. The normalized spacial score (nSPS) is 11.6. The first-order valence-corrected chi connectivity index (χ1v) is 44.9. The third-order valence-corrected chi connectivity index (χ3v) is 24.4. The van der Waals surface area contributed by atoms with Crippen molar-refractivity contribution in [3.8, 4) is 65.8 Å². The monoisotopic (exact) mass is 1980 g/mol. The number of aliphatic hydroxyl groups excluding tert-OH is 1. The number of benzene rings is 8. The van der Waals surface area contributed by atoms with E-state index in [-0.39, 0.29) is 87.6 Å². The van der Waals surface area contributed by atoms with Crippen molar-refractivity contribution >= 4 is 67.1 Å². The highest BCUT2D eigenvalue weighted by Crippen LogP contribution is 2.40. The molecule has 5 aromatic heterocycles. The number of halogens is 17. The van der Waals surface area contributed by atoms with Gasteiger partial charge in [-0.05, 0) is 171 Å². The van der Waals surface area contributed by atoms with Crippen LogP contribution in [0.4, 0.5) is 70.2 Å². The molecule has 13 aromatic rings. The number of H-pyrrole nitrogens is 1. The fourth-order valence-corrected chi connectivity index (χ4v) is 16.7. The van der Waals surface area contributed by atoms with Crippen LogP contribution in [0, 0.1) is 45.9 Å². The van der Waals surface area contributed by atoms with Crippen molar-refractivity contribution < 1.29 is 99.3 Å². The first-order chi connectivity index (χ1) is 62.5. The zero-order valence-electron chi connectivity index (χ0n) is 70.5. The molecule has 13 rings (SSSR count). The van der Waals surface area contributed by atoms with E-state index in [0.717, 1.165) is 173 Å². The Morgan fingerprint density at radius 3 is 1.03 bits per heavy atom. The number of alkyl halides is 13. The average molecular weight is 1980 g/mol. The maximum Gasteiger partial charge on any atom is 0.439 e. The molecule has 0 saturated heterocycles. The second-order valence-corrected chi connectivity index (χ2v) is 33.8. The average Bonchev–Trinajstić information content (AvgIpc) is 1.71. The minimum Gasteiger partial charge on any atom is -0.409 e. The van der Waals surface area contributed by atoms with Gasteiger partial charge in [-0.25, -0.2) is 42.3 Å².